The van der Waals surface area contributed by atoms with E-state index in [1.54, 1.807) is 25.1 Å². The van der Waals surface area contributed by atoms with Gasteiger partial charge >= 0.3 is 0 Å². The lowest BCUT2D eigenvalue weighted by Gasteiger charge is -2.25. The molecule has 2 heterocycles. The fraction of sp³-hybridized carbons (Fsp3) is 0.278. The molecule has 0 radical (unpaired) electrons. The first kappa shape index (κ1) is 17.4. The zero-order valence-electron chi connectivity index (χ0n) is 13.7. The van der Waals surface area contributed by atoms with Gasteiger partial charge in [-0.1, -0.05) is 17.7 Å². The summed E-state index contributed by atoms with van der Waals surface area (Å²) in [5.41, 5.74) is 2.66. The van der Waals surface area contributed by atoms with E-state index in [2.05, 4.69) is 15.6 Å². The van der Waals surface area contributed by atoms with Crippen molar-refractivity contribution >= 4 is 23.2 Å². The molecule has 0 unspecified atom stereocenters. The number of aryl methyl sites for hydroxylation is 1. The molecule has 1 aliphatic heterocycles. The van der Waals surface area contributed by atoms with Gasteiger partial charge in [-0.15, -0.1) is 0 Å². The molecule has 2 aromatic rings. The van der Waals surface area contributed by atoms with Gasteiger partial charge in [0.1, 0.15) is 11.8 Å². The Balaban J connectivity index is 1.77. The third-order valence-electron chi connectivity index (χ3n) is 3.86. The molecular formula is C18H17ClN4O2. The molecule has 128 valence electrons. The molecular weight excluding hydrogens is 340 g/mol. The van der Waals surface area contributed by atoms with Crippen molar-refractivity contribution in [3.05, 3.63) is 57.9 Å². The lowest BCUT2D eigenvalue weighted by atomic mass is 10.1. The van der Waals surface area contributed by atoms with Crippen LogP contribution in [0.15, 0.2) is 30.3 Å². The Morgan fingerprint density at radius 2 is 2.28 bits per heavy atom. The third-order valence-corrected chi connectivity index (χ3v) is 4.19. The number of halogens is 1. The number of amides is 1. The number of pyridine rings is 1. The van der Waals surface area contributed by atoms with Gasteiger partial charge in [0.15, 0.2) is 0 Å². The molecule has 7 heteroatoms. The number of nitriles is 1. The quantitative estimate of drug-likeness (QED) is 0.883. The first-order valence-corrected chi connectivity index (χ1v) is 8.26. The van der Waals surface area contributed by atoms with Gasteiger partial charge in [0.25, 0.3) is 5.91 Å². The minimum Gasteiger partial charge on any atom is -0.371 e. The predicted molar refractivity (Wildman–Crippen MR) is 94.7 cm³/mol. The van der Waals surface area contributed by atoms with E-state index in [9.17, 15) is 4.79 Å². The Morgan fingerprint density at radius 1 is 1.44 bits per heavy atom. The third kappa shape index (κ3) is 4.15. The van der Waals surface area contributed by atoms with Crippen molar-refractivity contribution in [2.24, 2.45) is 0 Å². The molecule has 0 saturated carbocycles. The highest BCUT2D eigenvalue weighted by Gasteiger charge is 2.19. The van der Waals surface area contributed by atoms with E-state index in [1.165, 1.54) is 6.07 Å². The molecule has 0 bridgehead atoms. The molecule has 6 nitrogen and oxygen atoms in total. The Morgan fingerprint density at radius 3 is 2.96 bits per heavy atom. The van der Waals surface area contributed by atoms with Crippen LogP contribution in [0.5, 0.6) is 0 Å². The number of carbonyl (C=O) groups excluding carboxylic acids is 1. The summed E-state index contributed by atoms with van der Waals surface area (Å²) in [6, 6.07) is 10.4. The van der Waals surface area contributed by atoms with Gasteiger partial charge < -0.3 is 15.4 Å². The van der Waals surface area contributed by atoms with Crippen LogP contribution in [0.4, 0.5) is 5.69 Å². The van der Waals surface area contributed by atoms with Crippen LogP contribution in [0.1, 0.15) is 33.4 Å². The lowest BCUT2D eigenvalue weighted by Crippen LogP contribution is -2.33. The highest BCUT2D eigenvalue weighted by Crippen LogP contribution is 2.29. The van der Waals surface area contributed by atoms with Crippen LogP contribution in [-0.2, 0) is 4.74 Å². The Bertz CT molecular complexity index is 841. The van der Waals surface area contributed by atoms with Gasteiger partial charge in [-0.2, -0.15) is 5.26 Å². The number of aromatic nitrogens is 1. The van der Waals surface area contributed by atoms with Gasteiger partial charge in [-0.25, -0.2) is 4.98 Å². The summed E-state index contributed by atoms with van der Waals surface area (Å²) in [5, 5.41) is 15.6. The first-order chi connectivity index (χ1) is 12.1. The highest BCUT2D eigenvalue weighted by molar-refractivity contribution is 6.31. The number of hydrogen-bond acceptors (Lipinski definition) is 5. The van der Waals surface area contributed by atoms with Crippen LogP contribution in [0.25, 0.3) is 0 Å². The number of morpholine rings is 1. The Hall–Kier alpha value is -2.46. The van der Waals surface area contributed by atoms with Crippen LogP contribution in [-0.4, -0.2) is 30.6 Å². The zero-order chi connectivity index (χ0) is 17.8. The van der Waals surface area contributed by atoms with Crippen molar-refractivity contribution < 1.29 is 9.53 Å². The van der Waals surface area contributed by atoms with Crippen molar-refractivity contribution in [3.63, 3.8) is 0 Å². The van der Waals surface area contributed by atoms with Crippen LogP contribution in [0, 0.1) is 18.3 Å². The number of ether oxygens (including phenoxy) is 1. The van der Waals surface area contributed by atoms with Gasteiger partial charge in [-0.05, 0) is 31.2 Å². The van der Waals surface area contributed by atoms with Crippen LogP contribution in [0.2, 0.25) is 5.02 Å². The molecule has 1 atom stereocenters. The summed E-state index contributed by atoms with van der Waals surface area (Å²) in [7, 11) is 0. The molecule has 0 spiro atoms. The number of rotatable bonds is 3. The maximum atomic E-state index is 12.4. The molecule has 0 aliphatic carbocycles. The fourth-order valence-corrected chi connectivity index (χ4v) is 2.99. The molecule has 1 aromatic carbocycles. The average molecular weight is 357 g/mol. The van der Waals surface area contributed by atoms with Crippen LogP contribution in [0.3, 0.4) is 0 Å². The predicted octanol–water partition coefficient (Wildman–Crippen LogP) is 2.83. The average Bonchev–Trinajstić information content (AvgIpc) is 2.62. The van der Waals surface area contributed by atoms with Crippen molar-refractivity contribution in [1.29, 1.82) is 5.26 Å². The van der Waals surface area contributed by atoms with E-state index in [0.29, 0.717) is 35.1 Å². The molecule has 1 fully saturated rings. The molecule has 1 saturated heterocycles. The number of benzene rings is 1. The summed E-state index contributed by atoms with van der Waals surface area (Å²) in [6.07, 6.45) is -0.0907. The molecule has 1 aliphatic rings. The number of nitrogens with one attached hydrogen (secondary N) is 2. The van der Waals surface area contributed by atoms with Gasteiger partial charge in [0, 0.05) is 40.6 Å². The van der Waals surface area contributed by atoms with Crippen molar-refractivity contribution in [2.75, 3.05) is 25.0 Å². The van der Waals surface area contributed by atoms with Crippen LogP contribution < -0.4 is 10.6 Å². The van der Waals surface area contributed by atoms with Crippen LogP contribution >= 0.6 is 11.6 Å². The topological polar surface area (TPSA) is 87.0 Å². The fourth-order valence-electron chi connectivity index (χ4n) is 2.69. The molecule has 25 heavy (non-hydrogen) atoms. The first-order valence-electron chi connectivity index (χ1n) is 7.89. The summed E-state index contributed by atoms with van der Waals surface area (Å²) < 4.78 is 5.70. The lowest BCUT2D eigenvalue weighted by molar-refractivity contribution is 0.0278. The highest BCUT2D eigenvalue weighted by atomic mass is 35.5. The molecule has 2 N–H and O–H groups in total. The number of hydrogen-bond donors (Lipinski definition) is 2. The SMILES string of the molecule is Cc1cc(C(=O)Nc2ccc([C@H]3CNCCO3)c(Cl)c2)cc(C#N)n1. The van der Waals surface area contributed by atoms with Crippen molar-refractivity contribution in [1.82, 2.24) is 10.3 Å². The molecule has 1 aromatic heterocycles. The Labute approximate surface area is 150 Å². The minimum absolute atomic E-state index is 0.0907. The second-order valence-corrected chi connectivity index (χ2v) is 6.16. The van der Waals surface area contributed by atoms with Gasteiger partial charge in [0.2, 0.25) is 0 Å². The summed E-state index contributed by atoms with van der Waals surface area (Å²) >= 11 is 6.35. The normalized spacial score (nSPS) is 16.9. The summed E-state index contributed by atoms with van der Waals surface area (Å²) in [4.78, 5) is 16.4. The van der Waals surface area contributed by atoms with E-state index in [1.807, 2.05) is 12.1 Å². The van der Waals surface area contributed by atoms with E-state index < -0.39 is 0 Å². The second kappa shape index (κ2) is 7.62. The van der Waals surface area contributed by atoms with Crippen molar-refractivity contribution in [3.8, 4) is 6.07 Å². The molecule has 1 amide bonds. The van der Waals surface area contributed by atoms with E-state index in [0.717, 1.165) is 12.1 Å². The summed E-state index contributed by atoms with van der Waals surface area (Å²) in [6.45, 7) is 3.92. The summed E-state index contributed by atoms with van der Waals surface area (Å²) in [5.74, 6) is -0.318. The maximum Gasteiger partial charge on any atom is 0.255 e. The maximum absolute atomic E-state index is 12.4. The standard InChI is InChI=1S/C18H17ClN4O2/c1-11-6-12(7-14(9-20)22-11)18(24)23-13-2-3-15(16(19)8-13)17-10-21-4-5-25-17/h2-3,6-8,17,21H,4-5,10H2,1H3,(H,23,24)/t17-/m1/s1. The second-order valence-electron chi connectivity index (χ2n) is 5.75. The molecule has 3 rings (SSSR count). The number of carbonyl (C=O) groups is 1. The Kier molecular flexibility index (Phi) is 5.29. The van der Waals surface area contributed by atoms with E-state index in [-0.39, 0.29) is 17.7 Å². The smallest absolute Gasteiger partial charge is 0.255 e. The van der Waals surface area contributed by atoms with Gasteiger partial charge in [0.05, 0.1) is 12.7 Å². The van der Waals surface area contributed by atoms with Crippen molar-refractivity contribution in [2.45, 2.75) is 13.0 Å². The van der Waals surface area contributed by atoms with E-state index in [4.69, 9.17) is 21.6 Å². The van der Waals surface area contributed by atoms with E-state index >= 15 is 0 Å². The monoisotopic (exact) mass is 356 g/mol. The largest absolute Gasteiger partial charge is 0.371 e. The number of anilines is 1. The zero-order valence-corrected chi connectivity index (χ0v) is 14.4. The minimum atomic E-state index is -0.318. The van der Waals surface area contributed by atoms with Gasteiger partial charge in [-0.3, -0.25) is 4.79 Å². The number of nitrogens with zero attached hydrogens (tertiary/aromatic N) is 2.